The third kappa shape index (κ3) is 1.82. The van der Waals surface area contributed by atoms with Crippen LogP contribution < -0.4 is 0 Å². The first kappa shape index (κ1) is 10.4. The van der Waals surface area contributed by atoms with Gasteiger partial charge in [0.25, 0.3) is 5.91 Å². The number of fused-ring (bicyclic) bond motifs is 1. The van der Waals surface area contributed by atoms with E-state index in [9.17, 15) is 4.79 Å². The van der Waals surface area contributed by atoms with Crippen LogP contribution in [0.25, 0.3) is 10.2 Å². The Morgan fingerprint density at radius 3 is 2.80 bits per heavy atom. The monoisotopic (exact) mass is 240 g/mol. The number of carbonyl (C=O) groups excluding carboxylic acids is 1. The first-order chi connectivity index (χ1) is 7.09. The minimum Gasteiger partial charge on any atom is -0.343 e. The van der Waals surface area contributed by atoms with E-state index in [1.807, 2.05) is 12.1 Å². The number of para-hydroxylation sites is 1. The molecule has 0 aliphatic rings. The number of carbonyl (C=O) groups is 1. The maximum Gasteiger partial charge on any atom is 0.282 e. The maximum absolute atomic E-state index is 11.7. The van der Waals surface area contributed by atoms with E-state index < -0.39 is 0 Å². The van der Waals surface area contributed by atoms with E-state index in [1.165, 1.54) is 16.2 Å². The molecule has 0 unspecified atom stereocenters. The molecule has 1 aromatic heterocycles. The highest BCUT2D eigenvalue weighted by Crippen LogP contribution is 2.28. The lowest BCUT2D eigenvalue weighted by Crippen LogP contribution is -2.21. The van der Waals surface area contributed by atoms with Crippen molar-refractivity contribution in [3.8, 4) is 0 Å². The molecule has 0 atom stereocenters. The summed E-state index contributed by atoms with van der Waals surface area (Å²) < 4.78 is 0.938. The topological polar surface area (TPSA) is 33.2 Å². The van der Waals surface area contributed by atoms with E-state index in [1.54, 1.807) is 20.2 Å². The Morgan fingerprint density at radius 1 is 1.47 bits per heavy atom. The fourth-order valence-corrected chi connectivity index (χ4v) is 2.48. The van der Waals surface area contributed by atoms with Gasteiger partial charge >= 0.3 is 0 Å². The molecule has 0 saturated heterocycles. The fourth-order valence-electron chi connectivity index (χ4n) is 1.20. The summed E-state index contributed by atoms with van der Waals surface area (Å²) in [5.74, 6) is -0.0905. The minimum atomic E-state index is -0.0905. The molecule has 2 rings (SSSR count). The van der Waals surface area contributed by atoms with E-state index in [4.69, 9.17) is 11.6 Å². The zero-order valence-corrected chi connectivity index (χ0v) is 9.89. The highest BCUT2D eigenvalue weighted by atomic mass is 35.5. The minimum absolute atomic E-state index is 0.0905. The van der Waals surface area contributed by atoms with Gasteiger partial charge in [-0.1, -0.05) is 17.7 Å². The van der Waals surface area contributed by atoms with Crippen molar-refractivity contribution in [1.29, 1.82) is 0 Å². The second-order valence-electron chi connectivity index (χ2n) is 3.31. The number of benzene rings is 1. The van der Waals surface area contributed by atoms with Gasteiger partial charge in [-0.3, -0.25) is 4.79 Å². The number of aromatic nitrogens is 1. The summed E-state index contributed by atoms with van der Waals surface area (Å²) in [5.41, 5.74) is 0.703. The lowest BCUT2D eigenvalue weighted by Gasteiger charge is -2.05. The molecule has 1 amide bonds. The van der Waals surface area contributed by atoms with Crippen molar-refractivity contribution in [2.45, 2.75) is 0 Å². The summed E-state index contributed by atoms with van der Waals surface area (Å²) in [6.07, 6.45) is 0. The van der Waals surface area contributed by atoms with Crippen LogP contribution in [-0.4, -0.2) is 29.9 Å². The van der Waals surface area contributed by atoms with Crippen LogP contribution in [0.15, 0.2) is 18.2 Å². The molecule has 0 radical (unpaired) electrons. The molecule has 0 aliphatic heterocycles. The van der Waals surface area contributed by atoms with Gasteiger partial charge in [0.2, 0.25) is 0 Å². The lowest BCUT2D eigenvalue weighted by molar-refractivity contribution is 0.0827. The lowest BCUT2D eigenvalue weighted by atomic mass is 10.3. The summed E-state index contributed by atoms with van der Waals surface area (Å²) >= 11 is 7.34. The van der Waals surface area contributed by atoms with Gasteiger partial charge in [-0.05, 0) is 12.1 Å². The quantitative estimate of drug-likeness (QED) is 0.768. The summed E-state index contributed by atoms with van der Waals surface area (Å²) in [7, 11) is 3.41. The first-order valence-corrected chi connectivity index (χ1v) is 5.56. The third-order valence-corrected chi connectivity index (χ3v) is 3.27. The number of rotatable bonds is 1. The van der Waals surface area contributed by atoms with Crippen LogP contribution in [0.5, 0.6) is 0 Å². The summed E-state index contributed by atoms with van der Waals surface area (Å²) in [5, 5.41) is 1.06. The Bertz CT molecular complexity index is 521. The smallest absolute Gasteiger partial charge is 0.282 e. The van der Waals surface area contributed by atoms with Gasteiger partial charge in [0.15, 0.2) is 5.01 Å². The number of hydrogen-bond donors (Lipinski definition) is 0. The van der Waals surface area contributed by atoms with Crippen molar-refractivity contribution in [2.24, 2.45) is 0 Å². The van der Waals surface area contributed by atoms with Gasteiger partial charge < -0.3 is 4.90 Å². The molecule has 0 bridgehead atoms. The Labute approximate surface area is 96.3 Å². The maximum atomic E-state index is 11.7. The normalized spacial score (nSPS) is 10.6. The van der Waals surface area contributed by atoms with Crippen molar-refractivity contribution < 1.29 is 4.79 Å². The molecule has 0 spiro atoms. The van der Waals surface area contributed by atoms with Crippen molar-refractivity contribution >= 4 is 39.1 Å². The van der Waals surface area contributed by atoms with Gasteiger partial charge in [0, 0.05) is 14.1 Å². The fraction of sp³-hybridized carbons (Fsp3) is 0.200. The van der Waals surface area contributed by atoms with Crippen LogP contribution in [0.1, 0.15) is 9.80 Å². The molecule has 1 heterocycles. The van der Waals surface area contributed by atoms with Crippen molar-refractivity contribution in [1.82, 2.24) is 9.88 Å². The third-order valence-electron chi connectivity index (χ3n) is 1.96. The van der Waals surface area contributed by atoms with Gasteiger partial charge in [0.1, 0.15) is 5.52 Å². The number of hydrogen-bond acceptors (Lipinski definition) is 3. The van der Waals surface area contributed by atoms with E-state index in [0.717, 1.165) is 4.70 Å². The second kappa shape index (κ2) is 3.79. The van der Waals surface area contributed by atoms with Crippen LogP contribution in [0.2, 0.25) is 5.02 Å². The predicted octanol–water partition coefficient (Wildman–Crippen LogP) is 2.65. The second-order valence-corrected chi connectivity index (χ2v) is 4.74. The Kier molecular flexibility index (Phi) is 2.63. The Morgan fingerprint density at radius 2 is 2.20 bits per heavy atom. The molecule has 78 valence electrons. The van der Waals surface area contributed by atoms with E-state index >= 15 is 0 Å². The zero-order chi connectivity index (χ0) is 11.0. The molecular formula is C10H9ClN2OS. The standard InChI is InChI=1S/C10H9ClN2OS/c1-13(2)10(14)9-12-8-6(11)4-3-5-7(8)15-9/h3-5H,1-2H3. The van der Waals surface area contributed by atoms with Crippen LogP contribution >= 0.6 is 22.9 Å². The van der Waals surface area contributed by atoms with Crippen molar-refractivity contribution in [3.63, 3.8) is 0 Å². The molecule has 0 aliphatic carbocycles. The molecule has 0 saturated carbocycles. The van der Waals surface area contributed by atoms with E-state index in [0.29, 0.717) is 15.5 Å². The highest BCUT2D eigenvalue weighted by Gasteiger charge is 2.14. The number of thiazole rings is 1. The molecule has 0 fully saturated rings. The van der Waals surface area contributed by atoms with Gasteiger partial charge in [-0.15, -0.1) is 11.3 Å². The molecule has 15 heavy (non-hydrogen) atoms. The molecule has 2 aromatic rings. The van der Waals surface area contributed by atoms with E-state index in [2.05, 4.69) is 4.98 Å². The molecule has 3 nitrogen and oxygen atoms in total. The van der Waals surface area contributed by atoms with Crippen LogP contribution in [-0.2, 0) is 0 Å². The summed E-state index contributed by atoms with van der Waals surface area (Å²) in [6.45, 7) is 0. The van der Waals surface area contributed by atoms with Gasteiger partial charge in [-0.2, -0.15) is 0 Å². The average Bonchev–Trinajstić information content (AvgIpc) is 2.61. The largest absolute Gasteiger partial charge is 0.343 e. The predicted molar refractivity (Wildman–Crippen MR) is 62.6 cm³/mol. The number of halogens is 1. The summed E-state index contributed by atoms with van der Waals surface area (Å²) in [4.78, 5) is 17.4. The van der Waals surface area contributed by atoms with Gasteiger partial charge in [0.05, 0.1) is 9.72 Å². The Hall–Kier alpha value is -1.13. The number of nitrogens with zero attached hydrogens (tertiary/aromatic N) is 2. The highest BCUT2D eigenvalue weighted by molar-refractivity contribution is 7.20. The first-order valence-electron chi connectivity index (χ1n) is 4.36. The van der Waals surface area contributed by atoms with E-state index in [-0.39, 0.29) is 5.91 Å². The van der Waals surface area contributed by atoms with Crippen LogP contribution in [0, 0.1) is 0 Å². The molecule has 0 N–H and O–H groups in total. The average molecular weight is 241 g/mol. The Balaban J connectivity index is 2.57. The SMILES string of the molecule is CN(C)C(=O)c1nc2c(Cl)cccc2s1. The zero-order valence-electron chi connectivity index (χ0n) is 8.32. The van der Waals surface area contributed by atoms with Crippen molar-refractivity contribution in [2.75, 3.05) is 14.1 Å². The van der Waals surface area contributed by atoms with Crippen molar-refractivity contribution in [3.05, 3.63) is 28.2 Å². The number of amides is 1. The van der Waals surface area contributed by atoms with Crippen LogP contribution in [0.3, 0.4) is 0 Å². The molecular weight excluding hydrogens is 232 g/mol. The summed E-state index contributed by atoms with van der Waals surface area (Å²) in [6, 6.07) is 5.53. The molecule has 5 heteroatoms. The van der Waals surface area contributed by atoms with Gasteiger partial charge in [-0.25, -0.2) is 4.98 Å². The molecule has 1 aromatic carbocycles. The van der Waals surface area contributed by atoms with Crippen LogP contribution in [0.4, 0.5) is 0 Å².